The molecule has 2 aliphatic heterocycles. The van der Waals surface area contributed by atoms with Gasteiger partial charge in [-0.25, -0.2) is 0 Å². The number of nitrogens with one attached hydrogen (secondary N) is 2. The van der Waals surface area contributed by atoms with Crippen LogP contribution in [0, 0.1) is 11.8 Å². The van der Waals surface area contributed by atoms with Crippen molar-refractivity contribution in [3.05, 3.63) is 30.1 Å². The van der Waals surface area contributed by atoms with E-state index >= 15 is 0 Å². The molecule has 3 heterocycles. The molecule has 0 aromatic carbocycles. The van der Waals surface area contributed by atoms with Gasteiger partial charge in [-0.05, 0) is 88.3 Å². The van der Waals surface area contributed by atoms with E-state index in [1.54, 1.807) is 12.4 Å². The van der Waals surface area contributed by atoms with Gasteiger partial charge in [0.15, 0.2) is 0 Å². The van der Waals surface area contributed by atoms with Crippen molar-refractivity contribution >= 4 is 11.8 Å². The SMILES string of the molecule is CC1CCN(CCCNC(=O)C2CCCN(Cc3ccncc3)CCC(=O)NCC2)CC1. The molecule has 2 N–H and O–H groups in total. The highest BCUT2D eigenvalue weighted by molar-refractivity contribution is 5.79. The second kappa shape index (κ2) is 13.5. The molecule has 2 saturated heterocycles. The number of amides is 2. The van der Waals surface area contributed by atoms with Gasteiger partial charge in [0.2, 0.25) is 11.8 Å². The summed E-state index contributed by atoms with van der Waals surface area (Å²) < 4.78 is 0. The molecule has 1 atom stereocenters. The number of rotatable bonds is 7. The van der Waals surface area contributed by atoms with Crippen molar-refractivity contribution in [1.82, 2.24) is 25.4 Å². The molecule has 0 saturated carbocycles. The van der Waals surface area contributed by atoms with E-state index in [0.29, 0.717) is 19.4 Å². The molecule has 1 aromatic heterocycles. The Hall–Kier alpha value is -1.99. The Morgan fingerprint density at radius 2 is 1.88 bits per heavy atom. The molecule has 7 heteroatoms. The number of hydrogen-bond donors (Lipinski definition) is 2. The van der Waals surface area contributed by atoms with Crippen LogP contribution in [0.5, 0.6) is 0 Å². The Morgan fingerprint density at radius 1 is 1.09 bits per heavy atom. The highest BCUT2D eigenvalue weighted by Gasteiger charge is 2.21. The summed E-state index contributed by atoms with van der Waals surface area (Å²) in [7, 11) is 0. The predicted molar refractivity (Wildman–Crippen MR) is 127 cm³/mol. The van der Waals surface area contributed by atoms with Gasteiger partial charge in [0, 0.05) is 50.9 Å². The third kappa shape index (κ3) is 8.87. The summed E-state index contributed by atoms with van der Waals surface area (Å²) >= 11 is 0. The molecule has 2 amide bonds. The smallest absolute Gasteiger partial charge is 0.223 e. The molecule has 1 aromatic rings. The summed E-state index contributed by atoms with van der Waals surface area (Å²) in [4.78, 5) is 34.0. The lowest BCUT2D eigenvalue weighted by Gasteiger charge is -2.30. The Labute approximate surface area is 193 Å². The molecule has 0 aliphatic carbocycles. The largest absolute Gasteiger partial charge is 0.356 e. The van der Waals surface area contributed by atoms with Gasteiger partial charge in [-0.3, -0.25) is 19.5 Å². The fourth-order valence-electron chi connectivity index (χ4n) is 4.66. The first kappa shape index (κ1) is 24.6. The summed E-state index contributed by atoms with van der Waals surface area (Å²) in [5.74, 6) is 1.03. The Bertz CT molecular complexity index is 691. The number of aromatic nitrogens is 1. The second-order valence-corrected chi connectivity index (χ2v) is 9.53. The van der Waals surface area contributed by atoms with Gasteiger partial charge in [0.25, 0.3) is 0 Å². The third-order valence-electron chi connectivity index (χ3n) is 6.85. The van der Waals surface area contributed by atoms with Gasteiger partial charge < -0.3 is 15.5 Å². The molecule has 3 rings (SSSR count). The van der Waals surface area contributed by atoms with Crippen LogP contribution in [0.2, 0.25) is 0 Å². The molecule has 7 nitrogen and oxygen atoms in total. The fraction of sp³-hybridized carbons (Fsp3) is 0.720. The molecule has 2 aliphatic rings. The van der Waals surface area contributed by atoms with Gasteiger partial charge in [-0.2, -0.15) is 0 Å². The molecule has 0 bridgehead atoms. The monoisotopic (exact) mass is 443 g/mol. The minimum absolute atomic E-state index is 0.0352. The van der Waals surface area contributed by atoms with Crippen LogP contribution >= 0.6 is 0 Å². The normalized spacial score (nSPS) is 22.7. The van der Waals surface area contributed by atoms with E-state index < -0.39 is 0 Å². The lowest BCUT2D eigenvalue weighted by molar-refractivity contribution is -0.126. The van der Waals surface area contributed by atoms with Gasteiger partial charge in [0.05, 0.1) is 0 Å². The quantitative estimate of drug-likeness (QED) is 0.633. The fourth-order valence-corrected chi connectivity index (χ4v) is 4.66. The van der Waals surface area contributed by atoms with Crippen molar-refractivity contribution < 1.29 is 9.59 Å². The Balaban J connectivity index is 1.42. The van der Waals surface area contributed by atoms with E-state index in [1.807, 2.05) is 12.1 Å². The van der Waals surface area contributed by atoms with E-state index in [1.165, 1.54) is 31.5 Å². The van der Waals surface area contributed by atoms with Crippen LogP contribution in [-0.2, 0) is 16.1 Å². The van der Waals surface area contributed by atoms with Crippen molar-refractivity contribution in [1.29, 1.82) is 0 Å². The molecule has 0 spiro atoms. The average molecular weight is 444 g/mol. The van der Waals surface area contributed by atoms with E-state index in [4.69, 9.17) is 0 Å². The number of likely N-dealkylation sites (tertiary alicyclic amines) is 1. The Morgan fingerprint density at radius 3 is 2.66 bits per heavy atom. The van der Waals surface area contributed by atoms with Gasteiger partial charge in [-0.1, -0.05) is 6.92 Å². The average Bonchev–Trinajstić information content (AvgIpc) is 2.84. The number of nitrogens with zero attached hydrogens (tertiary/aromatic N) is 3. The molecule has 1 unspecified atom stereocenters. The highest BCUT2D eigenvalue weighted by atomic mass is 16.2. The zero-order chi connectivity index (χ0) is 22.6. The Kier molecular flexibility index (Phi) is 10.4. The molecular formula is C25H41N5O2. The van der Waals surface area contributed by atoms with Crippen molar-refractivity contribution in [3.63, 3.8) is 0 Å². The minimum Gasteiger partial charge on any atom is -0.356 e. The van der Waals surface area contributed by atoms with Crippen LogP contribution in [-0.4, -0.2) is 72.4 Å². The first-order chi connectivity index (χ1) is 15.6. The van der Waals surface area contributed by atoms with Crippen LogP contribution in [0.1, 0.15) is 57.4 Å². The van der Waals surface area contributed by atoms with E-state index in [9.17, 15) is 9.59 Å². The lowest BCUT2D eigenvalue weighted by Crippen LogP contribution is -2.37. The maximum Gasteiger partial charge on any atom is 0.223 e. The van der Waals surface area contributed by atoms with E-state index in [2.05, 4.69) is 32.3 Å². The van der Waals surface area contributed by atoms with Crippen LogP contribution in [0.4, 0.5) is 0 Å². The number of carbonyl (C=O) groups excluding carboxylic acids is 2. The van der Waals surface area contributed by atoms with Crippen LogP contribution < -0.4 is 10.6 Å². The number of pyridine rings is 1. The summed E-state index contributed by atoms with van der Waals surface area (Å²) in [5, 5.41) is 6.16. The summed E-state index contributed by atoms with van der Waals surface area (Å²) in [6, 6.07) is 4.04. The first-order valence-electron chi connectivity index (χ1n) is 12.5. The highest BCUT2D eigenvalue weighted by Crippen LogP contribution is 2.16. The minimum atomic E-state index is -0.0352. The molecular weight excluding hydrogens is 402 g/mol. The van der Waals surface area contributed by atoms with Gasteiger partial charge in [-0.15, -0.1) is 0 Å². The second-order valence-electron chi connectivity index (χ2n) is 9.53. The molecule has 2 fully saturated rings. The van der Waals surface area contributed by atoms with Gasteiger partial charge >= 0.3 is 0 Å². The first-order valence-corrected chi connectivity index (χ1v) is 12.5. The number of hydrogen-bond acceptors (Lipinski definition) is 5. The molecule has 32 heavy (non-hydrogen) atoms. The standard InChI is InChI=1S/C25H41N5O2/c1-21-8-17-29(18-9-21)16-3-11-28-25(32)23-4-2-15-30(19-10-24(31)27-14-7-23)20-22-5-12-26-13-6-22/h5-6,12-13,21,23H,2-4,7-11,14-20H2,1H3,(H,27,31)(H,28,32). The van der Waals surface area contributed by atoms with Crippen LogP contribution in [0.25, 0.3) is 0 Å². The van der Waals surface area contributed by atoms with Gasteiger partial charge in [0.1, 0.15) is 0 Å². The van der Waals surface area contributed by atoms with Crippen molar-refractivity contribution in [2.45, 2.75) is 58.4 Å². The van der Waals surface area contributed by atoms with Crippen LogP contribution in [0.3, 0.4) is 0 Å². The van der Waals surface area contributed by atoms with Crippen LogP contribution in [0.15, 0.2) is 24.5 Å². The third-order valence-corrected chi connectivity index (χ3v) is 6.85. The number of piperidine rings is 1. The maximum atomic E-state index is 12.8. The zero-order valence-electron chi connectivity index (χ0n) is 19.7. The topological polar surface area (TPSA) is 77.6 Å². The number of carbonyl (C=O) groups is 2. The molecule has 0 radical (unpaired) electrons. The van der Waals surface area contributed by atoms with Crippen molar-refractivity contribution in [3.8, 4) is 0 Å². The van der Waals surface area contributed by atoms with Crippen molar-refractivity contribution in [2.75, 3.05) is 45.8 Å². The maximum absolute atomic E-state index is 12.8. The lowest BCUT2D eigenvalue weighted by atomic mass is 9.98. The summed E-state index contributed by atoms with van der Waals surface area (Å²) in [6.07, 6.45) is 10.2. The molecule has 178 valence electrons. The van der Waals surface area contributed by atoms with E-state index in [0.717, 1.165) is 57.9 Å². The summed E-state index contributed by atoms with van der Waals surface area (Å²) in [5.41, 5.74) is 1.20. The van der Waals surface area contributed by atoms with E-state index in [-0.39, 0.29) is 17.7 Å². The predicted octanol–water partition coefficient (Wildman–Crippen LogP) is 2.43. The zero-order valence-corrected chi connectivity index (χ0v) is 19.7. The van der Waals surface area contributed by atoms with Crippen molar-refractivity contribution in [2.24, 2.45) is 11.8 Å². The summed E-state index contributed by atoms with van der Waals surface area (Å²) in [6.45, 7) is 9.53.